The minimum Gasteiger partial charge on any atom is -0.354 e. The molecule has 0 radical (unpaired) electrons. The molecule has 6 nitrogen and oxygen atoms in total. The molecule has 0 saturated heterocycles. The molecule has 0 aromatic heterocycles. The highest BCUT2D eigenvalue weighted by Gasteiger charge is 2.25. The Bertz CT molecular complexity index is 988. The maximum absolute atomic E-state index is 13.3. The van der Waals surface area contributed by atoms with E-state index in [4.69, 9.17) is 0 Å². The standard InChI is InChI=1S/C23H23F2N3O3/c1-14(27-21(29)11-15-9-18(24)13-19(25)10-15)22(30)28-20-12-17(7-8-26-23(20)31)16-5-3-2-4-6-16/h2-6,9-10,12-14,20H,7-8,11H2,1H3,(H,26,31)(H,27,29)(H,28,30)/t14-,20-/m0/s1. The molecule has 2 aromatic rings. The summed E-state index contributed by atoms with van der Waals surface area (Å²) in [6, 6.07) is 10.5. The summed E-state index contributed by atoms with van der Waals surface area (Å²) in [5, 5.41) is 7.87. The topological polar surface area (TPSA) is 87.3 Å². The number of rotatable bonds is 6. The SMILES string of the molecule is C[C@H](NC(=O)Cc1cc(F)cc(F)c1)C(=O)N[C@H]1C=C(c2ccccc2)CCNC1=O. The Morgan fingerprint density at radius 3 is 2.48 bits per heavy atom. The van der Waals surface area contributed by atoms with Crippen LogP contribution < -0.4 is 16.0 Å². The third kappa shape index (κ3) is 6.21. The van der Waals surface area contributed by atoms with Gasteiger partial charge in [-0.3, -0.25) is 14.4 Å². The highest BCUT2D eigenvalue weighted by molar-refractivity contribution is 5.94. The lowest BCUT2D eigenvalue weighted by atomic mass is 10.0. The van der Waals surface area contributed by atoms with E-state index in [-0.39, 0.29) is 17.9 Å². The molecule has 31 heavy (non-hydrogen) atoms. The first kappa shape index (κ1) is 22.1. The van der Waals surface area contributed by atoms with Gasteiger partial charge in [0.15, 0.2) is 0 Å². The van der Waals surface area contributed by atoms with Crippen LogP contribution in [0, 0.1) is 11.6 Å². The predicted octanol–water partition coefficient (Wildman–Crippen LogP) is 2.10. The third-order valence-electron chi connectivity index (χ3n) is 4.84. The van der Waals surface area contributed by atoms with Crippen LogP contribution >= 0.6 is 0 Å². The van der Waals surface area contributed by atoms with Crippen molar-refractivity contribution in [3.63, 3.8) is 0 Å². The van der Waals surface area contributed by atoms with Gasteiger partial charge in [0, 0.05) is 12.6 Å². The Balaban J connectivity index is 1.63. The fourth-order valence-electron chi connectivity index (χ4n) is 3.33. The average molecular weight is 427 g/mol. The van der Waals surface area contributed by atoms with E-state index in [2.05, 4.69) is 16.0 Å². The van der Waals surface area contributed by atoms with Gasteiger partial charge in [-0.15, -0.1) is 0 Å². The van der Waals surface area contributed by atoms with Gasteiger partial charge in [-0.25, -0.2) is 8.78 Å². The van der Waals surface area contributed by atoms with Crippen LogP contribution in [0.2, 0.25) is 0 Å². The molecule has 0 aliphatic carbocycles. The number of hydrogen-bond acceptors (Lipinski definition) is 3. The van der Waals surface area contributed by atoms with Gasteiger partial charge in [-0.05, 0) is 48.3 Å². The summed E-state index contributed by atoms with van der Waals surface area (Å²) in [6.45, 7) is 1.91. The van der Waals surface area contributed by atoms with Crippen LogP contribution in [0.25, 0.3) is 5.57 Å². The molecule has 162 valence electrons. The van der Waals surface area contributed by atoms with Crippen LogP contribution in [-0.4, -0.2) is 36.3 Å². The Labute approximate surface area is 178 Å². The van der Waals surface area contributed by atoms with Crippen LogP contribution in [0.5, 0.6) is 0 Å². The summed E-state index contributed by atoms with van der Waals surface area (Å²) in [7, 11) is 0. The van der Waals surface area contributed by atoms with Gasteiger partial charge < -0.3 is 16.0 Å². The normalized spacial score (nSPS) is 17.1. The maximum Gasteiger partial charge on any atom is 0.246 e. The van der Waals surface area contributed by atoms with Crippen LogP contribution in [0.4, 0.5) is 8.78 Å². The highest BCUT2D eigenvalue weighted by atomic mass is 19.1. The largest absolute Gasteiger partial charge is 0.354 e. The molecule has 2 atom stereocenters. The van der Waals surface area contributed by atoms with Crippen molar-refractivity contribution in [1.29, 1.82) is 0 Å². The fraction of sp³-hybridized carbons (Fsp3) is 0.261. The monoisotopic (exact) mass is 427 g/mol. The minimum absolute atomic E-state index is 0.154. The van der Waals surface area contributed by atoms with Gasteiger partial charge in [0.05, 0.1) is 6.42 Å². The number of nitrogens with one attached hydrogen (secondary N) is 3. The molecule has 3 rings (SSSR count). The van der Waals surface area contributed by atoms with Crippen LogP contribution in [0.1, 0.15) is 24.5 Å². The van der Waals surface area contributed by atoms with Crippen LogP contribution in [0.3, 0.4) is 0 Å². The lowest BCUT2D eigenvalue weighted by molar-refractivity contribution is -0.130. The van der Waals surface area contributed by atoms with E-state index in [9.17, 15) is 23.2 Å². The van der Waals surface area contributed by atoms with E-state index >= 15 is 0 Å². The molecular weight excluding hydrogens is 404 g/mol. The van der Waals surface area contributed by atoms with Gasteiger partial charge in [0.25, 0.3) is 0 Å². The molecule has 2 aromatic carbocycles. The smallest absolute Gasteiger partial charge is 0.246 e. The Kier molecular flexibility index (Phi) is 7.12. The second-order valence-corrected chi connectivity index (χ2v) is 7.33. The van der Waals surface area contributed by atoms with Crippen molar-refractivity contribution in [2.45, 2.75) is 31.8 Å². The molecule has 0 spiro atoms. The van der Waals surface area contributed by atoms with E-state index in [1.54, 1.807) is 6.08 Å². The zero-order chi connectivity index (χ0) is 22.4. The summed E-state index contributed by atoms with van der Waals surface area (Å²) in [6.07, 6.45) is 2.05. The van der Waals surface area contributed by atoms with Crippen molar-refractivity contribution in [1.82, 2.24) is 16.0 Å². The van der Waals surface area contributed by atoms with Crippen LogP contribution in [0.15, 0.2) is 54.6 Å². The third-order valence-corrected chi connectivity index (χ3v) is 4.84. The fourth-order valence-corrected chi connectivity index (χ4v) is 3.33. The van der Waals surface area contributed by atoms with Crippen molar-refractivity contribution in [3.05, 3.63) is 77.4 Å². The second kappa shape index (κ2) is 9.97. The Morgan fingerprint density at radius 2 is 1.81 bits per heavy atom. The number of halogens is 2. The van der Waals surface area contributed by atoms with E-state index in [1.165, 1.54) is 6.92 Å². The molecule has 0 unspecified atom stereocenters. The molecule has 3 N–H and O–H groups in total. The number of carbonyl (C=O) groups is 3. The van der Waals surface area contributed by atoms with E-state index in [1.807, 2.05) is 30.3 Å². The summed E-state index contributed by atoms with van der Waals surface area (Å²) in [4.78, 5) is 37.1. The van der Waals surface area contributed by atoms with Crippen molar-refractivity contribution >= 4 is 23.3 Å². The predicted molar refractivity (Wildman–Crippen MR) is 112 cm³/mol. The molecule has 1 aliphatic heterocycles. The molecule has 3 amide bonds. The summed E-state index contributed by atoms with van der Waals surface area (Å²) < 4.78 is 26.5. The summed E-state index contributed by atoms with van der Waals surface area (Å²) in [5.41, 5.74) is 2.04. The Hall–Kier alpha value is -3.55. The lowest BCUT2D eigenvalue weighted by Gasteiger charge is -2.18. The highest BCUT2D eigenvalue weighted by Crippen LogP contribution is 2.20. The van der Waals surface area contributed by atoms with Crippen molar-refractivity contribution < 1.29 is 23.2 Å². The summed E-state index contributed by atoms with van der Waals surface area (Å²) >= 11 is 0. The Morgan fingerprint density at radius 1 is 1.13 bits per heavy atom. The first-order valence-electron chi connectivity index (χ1n) is 9.90. The first-order valence-corrected chi connectivity index (χ1v) is 9.90. The van der Waals surface area contributed by atoms with Gasteiger partial charge >= 0.3 is 0 Å². The zero-order valence-electron chi connectivity index (χ0n) is 17.0. The molecule has 0 fully saturated rings. The zero-order valence-corrected chi connectivity index (χ0v) is 17.0. The van der Waals surface area contributed by atoms with Gasteiger partial charge in [-0.2, -0.15) is 0 Å². The molecule has 1 aliphatic rings. The molecular formula is C23H23F2N3O3. The van der Waals surface area contributed by atoms with E-state index < -0.39 is 35.5 Å². The quantitative estimate of drug-likeness (QED) is 0.660. The van der Waals surface area contributed by atoms with Crippen molar-refractivity contribution in [2.24, 2.45) is 0 Å². The number of hydrogen-bond donors (Lipinski definition) is 3. The number of amides is 3. The number of carbonyl (C=O) groups excluding carboxylic acids is 3. The van der Waals surface area contributed by atoms with E-state index in [0.717, 1.165) is 23.3 Å². The van der Waals surface area contributed by atoms with Gasteiger partial charge in [0.1, 0.15) is 23.7 Å². The molecule has 1 heterocycles. The van der Waals surface area contributed by atoms with Crippen LogP contribution in [-0.2, 0) is 20.8 Å². The molecule has 0 saturated carbocycles. The average Bonchev–Trinajstić information content (AvgIpc) is 2.89. The maximum atomic E-state index is 13.3. The minimum atomic E-state index is -0.949. The lowest BCUT2D eigenvalue weighted by Crippen LogP contribution is -2.52. The number of benzene rings is 2. The molecule has 8 heteroatoms. The van der Waals surface area contributed by atoms with Gasteiger partial charge in [-0.1, -0.05) is 30.3 Å². The first-order chi connectivity index (χ1) is 14.8. The van der Waals surface area contributed by atoms with Crippen molar-refractivity contribution in [3.8, 4) is 0 Å². The van der Waals surface area contributed by atoms with Gasteiger partial charge in [0.2, 0.25) is 17.7 Å². The van der Waals surface area contributed by atoms with Crippen molar-refractivity contribution in [2.75, 3.05) is 6.54 Å². The summed E-state index contributed by atoms with van der Waals surface area (Å²) in [5.74, 6) is -3.03. The van der Waals surface area contributed by atoms with E-state index in [0.29, 0.717) is 19.0 Å². The second-order valence-electron chi connectivity index (χ2n) is 7.33. The molecule has 0 bridgehead atoms.